The topological polar surface area (TPSA) is 67.2 Å². The van der Waals surface area contributed by atoms with Gasteiger partial charge in [-0.25, -0.2) is 0 Å². The number of carbonyl (C=O) groups excluding carboxylic acids is 1. The van der Waals surface area contributed by atoms with Crippen LogP contribution in [0.25, 0.3) is 10.8 Å². The van der Waals surface area contributed by atoms with Gasteiger partial charge in [0.1, 0.15) is 5.75 Å². The minimum Gasteiger partial charge on any atom is -0.508 e. The Hall–Kier alpha value is -2.82. The maximum atomic E-state index is 13.1. The number of amides is 1. The molecule has 1 heterocycles. The number of aryl methyl sites for hydroxylation is 1. The molecule has 1 amide bonds. The van der Waals surface area contributed by atoms with Crippen LogP contribution in [0.5, 0.6) is 5.75 Å². The number of aromatic hydroxyl groups is 1. The number of aromatic nitrogens is 2. The minimum atomic E-state index is -0.330. The van der Waals surface area contributed by atoms with E-state index in [-0.39, 0.29) is 23.0 Å². The number of hydrogen-bond donors (Lipinski definition) is 2. The lowest BCUT2D eigenvalue weighted by Gasteiger charge is -2.16. The largest absolute Gasteiger partial charge is 0.508 e. The first kappa shape index (κ1) is 23.8. The third-order valence-corrected chi connectivity index (χ3v) is 6.06. The maximum Gasteiger partial charge on any atom is 0.227 e. The molecule has 3 aromatic rings. The van der Waals surface area contributed by atoms with E-state index in [9.17, 15) is 9.90 Å². The van der Waals surface area contributed by atoms with Gasteiger partial charge in [0.25, 0.3) is 0 Å². The molecular weight excluding hydrogens is 398 g/mol. The van der Waals surface area contributed by atoms with Gasteiger partial charge >= 0.3 is 0 Å². The molecule has 0 aliphatic heterocycles. The Morgan fingerprint density at radius 3 is 2.62 bits per heavy atom. The predicted molar refractivity (Wildman–Crippen MR) is 131 cm³/mol. The highest BCUT2D eigenvalue weighted by atomic mass is 16.3. The number of nitrogens with zero attached hydrogens (tertiary/aromatic N) is 2. The minimum absolute atomic E-state index is 0.0307. The second-order valence-electron chi connectivity index (χ2n) is 9.75. The molecule has 2 N–H and O–H groups in total. The zero-order valence-corrected chi connectivity index (χ0v) is 20.1. The van der Waals surface area contributed by atoms with Gasteiger partial charge in [0.2, 0.25) is 5.91 Å². The van der Waals surface area contributed by atoms with Gasteiger partial charge in [-0.3, -0.25) is 9.48 Å². The third-order valence-electron chi connectivity index (χ3n) is 6.06. The molecule has 172 valence electrons. The standard InChI is InChI=1S/C27H37N3O2/c1-6-7-8-9-15-30-21(16-25(29-30)27(3,4)5)18-28-26(32)19(2)23-12-10-11-20-13-14-22(31)17-24(20)23/h10-14,16-17,19,31H,6-9,15,18H2,1-5H3,(H,28,32). The third kappa shape index (κ3) is 5.70. The molecule has 5 heteroatoms. The first-order valence-corrected chi connectivity index (χ1v) is 11.8. The summed E-state index contributed by atoms with van der Waals surface area (Å²) >= 11 is 0. The molecule has 0 aliphatic carbocycles. The van der Waals surface area contributed by atoms with Gasteiger partial charge in [-0.1, -0.05) is 71.2 Å². The van der Waals surface area contributed by atoms with Crippen molar-refractivity contribution in [2.75, 3.05) is 0 Å². The van der Waals surface area contributed by atoms with Crippen molar-refractivity contribution in [3.05, 3.63) is 59.4 Å². The normalized spacial score (nSPS) is 12.8. The molecule has 1 unspecified atom stereocenters. The first-order valence-electron chi connectivity index (χ1n) is 11.8. The van der Waals surface area contributed by atoms with Gasteiger partial charge in [0, 0.05) is 12.0 Å². The molecule has 1 atom stereocenters. The summed E-state index contributed by atoms with van der Waals surface area (Å²) < 4.78 is 2.07. The van der Waals surface area contributed by atoms with E-state index in [1.807, 2.05) is 31.2 Å². The van der Waals surface area contributed by atoms with Crippen molar-refractivity contribution >= 4 is 16.7 Å². The Labute approximate surface area is 191 Å². The summed E-state index contributed by atoms with van der Waals surface area (Å²) in [5.41, 5.74) is 2.97. The summed E-state index contributed by atoms with van der Waals surface area (Å²) in [6.07, 6.45) is 4.73. The molecule has 3 rings (SSSR count). The average molecular weight is 436 g/mol. The highest BCUT2D eigenvalue weighted by molar-refractivity contribution is 5.93. The van der Waals surface area contributed by atoms with E-state index in [2.05, 4.69) is 43.8 Å². The summed E-state index contributed by atoms with van der Waals surface area (Å²) in [5.74, 6) is -0.153. The van der Waals surface area contributed by atoms with Crippen LogP contribution in [0.15, 0.2) is 42.5 Å². The van der Waals surface area contributed by atoms with Gasteiger partial charge in [-0.05, 0) is 47.9 Å². The number of phenols is 1. The molecule has 0 saturated carbocycles. The van der Waals surface area contributed by atoms with Crippen LogP contribution in [0.3, 0.4) is 0 Å². The molecular formula is C27H37N3O2. The maximum absolute atomic E-state index is 13.1. The molecule has 0 fully saturated rings. The van der Waals surface area contributed by atoms with Crippen LogP contribution in [0.4, 0.5) is 0 Å². The fourth-order valence-electron chi connectivity index (χ4n) is 3.98. The molecule has 0 bridgehead atoms. The van der Waals surface area contributed by atoms with Gasteiger partial charge < -0.3 is 10.4 Å². The van der Waals surface area contributed by atoms with Crippen LogP contribution in [0.1, 0.15) is 83.2 Å². The Kier molecular flexibility index (Phi) is 7.60. The van der Waals surface area contributed by atoms with E-state index < -0.39 is 0 Å². The monoisotopic (exact) mass is 435 g/mol. The summed E-state index contributed by atoms with van der Waals surface area (Å²) in [5, 5.41) is 19.8. The molecule has 0 spiro atoms. The van der Waals surface area contributed by atoms with E-state index in [1.165, 1.54) is 19.3 Å². The number of nitrogens with one attached hydrogen (secondary N) is 1. The van der Waals surface area contributed by atoms with Crippen molar-refractivity contribution in [1.82, 2.24) is 15.1 Å². The number of hydrogen-bond acceptors (Lipinski definition) is 3. The zero-order chi connectivity index (χ0) is 23.3. The molecule has 2 aromatic carbocycles. The summed E-state index contributed by atoms with van der Waals surface area (Å²) in [6.45, 7) is 11.9. The van der Waals surface area contributed by atoms with E-state index in [1.54, 1.807) is 12.1 Å². The lowest BCUT2D eigenvalue weighted by molar-refractivity contribution is -0.122. The lowest BCUT2D eigenvalue weighted by Crippen LogP contribution is -2.28. The van der Waals surface area contributed by atoms with Gasteiger partial charge in [-0.2, -0.15) is 5.10 Å². The van der Waals surface area contributed by atoms with Crippen molar-refractivity contribution in [2.24, 2.45) is 0 Å². The number of unbranched alkanes of at least 4 members (excludes halogenated alkanes) is 3. The van der Waals surface area contributed by atoms with Crippen LogP contribution in [0, 0.1) is 0 Å². The van der Waals surface area contributed by atoms with Crippen molar-refractivity contribution < 1.29 is 9.90 Å². The number of phenolic OH excluding ortho intramolecular Hbond substituents is 1. The number of benzene rings is 2. The molecule has 5 nitrogen and oxygen atoms in total. The van der Waals surface area contributed by atoms with Gasteiger partial charge in [0.05, 0.1) is 23.9 Å². The molecule has 32 heavy (non-hydrogen) atoms. The van der Waals surface area contributed by atoms with Crippen LogP contribution in [-0.4, -0.2) is 20.8 Å². The molecule has 0 aliphatic rings. The predicted octanol–water partition coefficient (Wildman–Crippen LogP) is 6.04. The van der Waals surface area contributed by atoms with E-state index in [0.717, 1.165) is 40.7 Å². The molecule has 0 radical (unpaired) electrons. The van der Waals surface area contributed by atoms with E-state index >= 15 is 0 Å². The summed E-state index contributed by atoms with van der Waals surface area (Å²) in [7, 11) is 0. The highest BCUT2D eigenvalue weighted by Gasteiger charge is 2.22. The van der Waals surface area contributed by atoms with Gasteiger partial charge in [0.15, 0.2) is 0 Å². The average Bonchev–Trinajstić information content (AvgIpc) is 3.17. The van der Waals surface area contributed by atoms with E-state index in [4.69, 9.17) is 5.10 Å². The zero-order valence-electron chi connectivity index (χ0n) is 20.1. The fraction of sp³-hybridized carbons (Fsp3) is 0.481. The summed E-state index contributed by atoms with van der Waals surface area (Å²) in [6, 6.07) is 13.3. The molecule has 1 aromatic heterocycles. The van der Waals surface area contributed by atoms with Crippen LogP contribution < -0.4 is 5.32 Å². The Morgan fingerprint density at radius 2 is 1.91 bits per heavy atom. The van der Waals surface area contributed by atoms with E-state index in [0.29, 0.717) is 6.54 Å². The van der Waals surface area contributed by atoms with Crippen molar-refractivity contribution in [2.45, 2.75) is 84.7 Å². The SMILES string of the molecule is CCCCCCn1nc(C(C)(C)C)cc1CNC(=O)C(C)c1cccc2ccc(O)cc12. The smallest absolute Gasteiger partial charge is 0.227 e. The number of rotatable bonds is 9. The Balaban J connectivity index is 1.75. The first-order chi connectivity index (χ1) is 15.2. The number of carbonyl (C=O) groups is 1. The summed E-state index contributed by atoms with van der Waals surface area (Å²) in [4.78, 5) is 13.1. The van der Waals surface area contributed by atoms with Crippen molar-refractivity contribution in [1.29, 1.82) is 0 Å². The fourth-order valence-corrected chi connectivity index (χ4v) is 3.98. The second-order valence-corrected chi connectivity index (χ2v) is 9.75. The highest BCUT2D eigenvalue weighted by Crippen LogP contribution is 2.29. The quantitative estimate of drug-likeness (QED) is 0.403. The second kappa shape index (κ2) is 10.2. The van der Waals surface area contributed by atoms with Crippen LogP contribution >= 0.6 is 0 Å². The molecule has 0 saturated heterocycles. The van der Waals surface area contributed by atoms with Crippen molar-refractivity contribution in [3.8, 4) is 5.75 Å². The Morgan fingerprint density at radius 1 is 1.12 bits per heavy atom. The van der Waals surface area contributed by atoms with Gasteiger partial charge in [-0.15, -0.1) is 0 Å². The van der Waals surface area contributed by atoms with Crippen LogP contribution in [-0.2, 0) is 23.3 Å². The van der Waals surface area contributed by atoms with Crippen molar-refractivity contribution in [3.63, 3.8) is 0 Å². The number of fused-ring (bicyclic) bond motifs is 1. The Bertz CT molecular complexity index is 1060. The lowest BCUT2D eigenvalue weighted by atomic mass is 9.92. The van der Waals surface area contributed by atoms with Crippen LogP contribution in [0.2, 0.25) is 0 Å².